The summed E-state index contributed by atoms with van der Waals surface area (Å²) in [5, 5.41) is 14.3. The molecule has 0 spiro atoms. The number of alkyl carbamates (subject to hydrolysis) is 1. The van der Waals surface area contributed by atoms with Gasteiger partial charge in [-0.3, -0.25) is 19.7 Å². The molecule has 2 aromatic carbocycles. The number of aliphatic hydroxyl groups is 1. The van der Waals surface area contributed by atoms with Crippen LogP contribution in [0.25, 0.3) is 0 Å². The Balaban J connectivity index is 0.000000204. The van der Waals surface area contributed by atoms with Crippen LogP contribution in [-0.2, 0) is 41.4 Å². The van der Waals surface area contributed by atoms with Gasteiger partial charge in [0.15, 0.2) is 0 Å². The van der Waals surface area contributed by atoms with Crippen molar-refractivity contribution >= 4 is 23.6 Å². The predicted molar refractivity (Wildman–Crippen MR) is 278 cm³/mol. The normalized spacial score (nSPS) is 44.4. The van der Waals surface area contributed by atoms with Crippen molar-refractivity contribution in [2.75, 3.05) is 34.4 Å². The van der Waals surface area contributed by atoms with Crippen LogP contribution >= 0.6 is 0 Å². The predicted octanol–water partition coefficient (Wildman–Crippen LogP) is 11.0. The summed E-state index contributed by atoms with van der Waals surface area (Å²) in [4.78, 5) is 57.8. The summed E-state index contributed by atoms with van der Waals surface area (Å²) in [6.45, 7) is 21.3. The molecule has 2 amide bonds. The summed E-state index contributed by atoms with van der Waals surface area (Å²) >= 11 is 0. The largest absolute Gasteiger partial charge is 0.445 e. The zero-order valence-electron chi connectivity index (χ0n) is 45.6. The van der Waals surface area contributed by atoms with E-state index in [0.29, 0.717) is 43.9 Å². The van der Waals surface area contributed by atoms with Gasteiger partial charge in [0, 0.05) is 60.2 Å². The first kappa shape index (κ1) is 53.8. The number of imide groups is 1. The summed E-state index contributed by atoms with van der Waals surface area (Å²) in [5.41, 5.74) is 0.143. The SMILES string of the molecule is CO[C@@H]1CCC23CC[C@@H](C)[C@](C)(C12)[C@H](O)C[C@@](C)(Cc1ccccc1)C(=O)[C@@H]3C.CO[C@@H]1CCC23CC[C@@H](C)[C@](C)(C12)[C@H](OC(=O)NC(=O)[C@H]1CN(C)CC[C@@H]1C)C[C@@](C)(Cc1ccccc1)C(=O)[C@@H]3C. The minimum Gasteiger partial charge on any atom is -0.445 e. The number of piperidine rings is 1. The molecule has 10 nitrogen and oxygen atoms in total. The van der Waals surface area contributed by atoms with Gasteiger partial charge in [-0.15, -0.1) is 0 Å². The van der Waals surface area contributed by atoms with Crippen LogP contribution in [-0.4, -0.2) is 92.3 Å². The van der Waals surface area contributed by atoms with E-state index in [9.17, 15) is 24.3 Å². The van der Waals surface area contributed by atoms with E-state index < -0.39 is 34.5 Å². The van der Waals surface area contributed by atoms with Gasteiger partial charge >= 0.3 is 6.09 Å². The third kappa shape index (κ3) is 9.21. The molecule has 18 atom stereocenters. The van der Waals surface area contributed by atoms with E-state index in [4.69, 9.17) is 14.2 Å². The second kappa shape index (κ2) is 20.4. The topological polar surface area (TPSA) is 131 Å². The van der Waals surface area contributed by atoms with E-state index in [1.165, 1.54) is 5.56 Å². The minimum absolute atomic E-state index is 0.000636. The van der Waals surface area contributed by atoms with E-state index in [-0.39, 0.29) is 81.6 Å². The van der Waals surface area contributed by atoms with Crippen LogP contribution in [0.3, 0.4) is 0 Å². The Bertz CT molecular complexity index is 2240. The van der Waals surface area contributed by atoms with Gasteiger partial charge in [-0.25, -0.2) is 4.79 Å². The number of carbonyl (C=O) groups is 4. The summed E-state index contributed by atoms with van der Waals surface area (Å²) in [5.74, 6) is 1.16. The molecule has 4 bridgehead atoms. The number of nitrogens with zero attached hydrogens (tertiary/aromatic N) is 1. The molecular formula is C61H90N2O8. The van der Waals surface area contributed by atoms with E-state index in [1.807, 2.05) is 50.6 Å². The van der Waals surface area contributed by atoms with E-state index in [0.717, 1.165) is 69.9 Å². The lowest BCUT2D eigenvalue weighted by Crippen LogP contribution is -2.63. The molecule has 1 aliphatic heterocycles. The lowest BCUT2D eigenvalue weighted by Gasteiger charge is -2.61. The van der Waals surface area contributed by atoms with Gasteiger partial charge in [-0.05, 0) is 143 Å². The van der Waals surface area contributed by atoms with Crippen molar-refractivity contribution in [3.05, 3.63) is 71.8 Å². The van der Waals surface area contributed by atoms with Crippen LogP contribution < -0.4 is 5.32 Å². The van der Waals surface area contributed by atoms with Crippen LogP contribution in [0, 0.1) is 79.8 Å². The molecule has 392 valence electrons. The Labute approximate surface area is 426 Å². The zero-order valence-corrected chi connectivity index (χ0v) is 45.6. The molecule has 1 saturated heterocycles. The molecule has 6 saturated carbocycles. The monoisotopic (exact) mass is 979 g/mol. The lowest BCUT2D eigenvalue weighted by molar-refractivity contribution is -0.192. The summed E-state index contributed by atoms with van der Waals surface area (Å²) in [7, 11) is 5.60. The average Bonchev–Trinajstić information content (AvgIpc) is 3.95. The van der Waals surface area contributed by atoms with Crippen molar-refractivity contribution in [1.82, 2.24) is 10.2 Å². The highest BCUT2D eigenvalue weighted by Crippen LogP contribution is 2.70. The Morgan fingerprint density at radius 3 is 1.61 bits per heavy atom. The molecule has 4 unspecified atom stereocenters. The molecule has 2 aromatic rings. The lowest BCUT2D eigenvalue weighted by atomic mass is 9.43. The van der Waals surface area contributed by atoms with Crippen LogP contribution in [0.15, 0.2) is 60.7 Å². The maximum absolute atomic E-state index is 14.7. The number of amides is 2. The second-order valence-corrected chi connectivity index (χ2v) is 25.7. The molecule has 1 heterocycles. The Hall–Kier alpha value is -3.44. The number of hydrogen-bond donors (Lipinski definition) is 2. The third-order valence-corrected chi connectivity index (χ3v) is 22.2. The van der Waals surface area contributed by atoms with Crippen molar-refractivity contribution in [3.63, 3.8) is 0 Å². The molecule has 7 aliphatic rings. The van der Waals surface area contributed by atoms with Gasteiger partial charge in [0.25, 0.3) is 0 Å². The summed E-state index contributed by atoms with van der Waals surface area (Å²) in [6.07, 6.45) is 9.59. The van der Waals surface area contributed by atoms with Crippen LogP contribution in [0.4, 0.5) is 4.79 Å². The maximum Gasteiger partial charge on any atom is 0.414 e. The molecule has 10 heteroatoms. The molecule has 2 N–H and O–H groups in total. The van der Waals surface area contributed by atoms with Gasteiger partial charge in [-0.1, -0.05) is 123 Å². The first-order chi connectivity index (χ1) is 33.5. The second-order valence-electron chi connectivity index (χ2n) is 25.7. The number of carbonyl (C=O) groups excluding carboxylic acids is 4. The average molecular weight is 979 g/mol. The first-order valence-corrected chi connectivity index (χ1v) is 27.6. The van der Waals surface area contributed by atoms with Crippen LogP contribution in [0.1, 0.15) is 144 Å². The number of methoxy groups -OCH3 is 2. The van der Waals surface area contributed by atoms with E-state index in [2.05, 4.69) is 96.8 Å². The maximum atomic E-state index is 14.7. The number of benzene rings is 2. The van der Waals surface area contributed by atoms with Crippen molar-refractivity contribution in [3.8, 4) is 0 Å². The number of rotatable bonds is 8. The molecular weight excluding hydrogens is 889 g/mol. The third-order valence-electron chi connectivity index (χ3n) is 22.2. The fraction of sp³-hybridized carbons (Fsp3) is 0.738. The quantitative estimate of drug-likeness (QED) is 0.265. The summed E-state index contributed by atoms with van der Waals surface area (Å²) < 4.78 is 18.6. The molecule has 9 rings (SSSR count). The number of nitrogens with one attached hydrogen (secondary N) is 1. The smallest absolute Gasteiger partial charge is 0.414 e. The van der Waals surface area contributed by atoms with Crippen LogP contribution in [0.2, 0.25) is 0 Å². The number of ether oxygens (including phenoxy) is 3. The Kier molecular flexibility index (Phi) is 15.4. The standard InChI is InChI=1S/C35H52N2O5.C26H38O3/c1-22-15-18-37(6)21-26(22)31(39)36-32(40)42-28-20-33(4,19-25-11-9-8-10-12-25)30(38)24(3)35-16-13-23(2)34(28,5)29(35)27(41-7)14-17-35;1-17-11-13-26-14-12-20(29-5)22(26)25(17,4)21(27)16-24(3,23(28)18(26)2)15-19-9-7-6-8-10-19/h8-12,22-24,26-29H,13-21H2,1-7H3,(H,36,39,40);6-10,17-18,20-22,27H,11-16H2,1-5H3/t22-,23+,24-,26-,27+,28+,29?,33+,34-,35?;17-,18+,20-,21-,22?,24-,25+,26?/m01/s1. The van der Waals surface area contributed by atoms with Gasteiger partial charge in [0.05, 0.1) is 24.2 Å². The van der Waals surface area contributed by atoms with E-state index in [1.54, 1.807) is 7.11 Å². The number of Topliss-reactive ketones (excluding diaryl/α,β-unsaturated/α-hetero) is 2. The van der Waals surface area contributed by atoms with Gasteiger partial charge in [0.2, 0.25) is 5.91 Å². The molecule has 7 fully saturated rings. The zero-order chi connectivity index (χ0) is 51.5. The number of aliphatic hydroxyl groups excluding tert-OH is 1. The molecule has 0 radical (unpaired) electrons. The van der Waals surface area contributed by atoms with E-state index >= 15 is 0 Å². The van der Waals surface area contributed by atoms with Gasteiger partial charge in [0.1, 0.15) is 17.7 Å². The highest BCUT2D eigenvalue weighted by molar-refractivity contribution is 5.93. The van der Waals surface area contributed by atoms with Gasteiger partial charge < -0.3 is 24.2 Å². The van der Waals surface area contributed by atoms with Crippen molar-refractivity contribution < 1.29 is 38.5 Å². The Morgan fingerprint density at radius 2 is 1.11 bits per heavy atom. The highest BCUT2D eigenvalue weighted by atomic mass is 16.6. The number of likely N-dealkylation sites (tertiary alicyclic amines) is 1. The Morgan fingerprint density at radius 1 is 0.662 bits per heavy atom. The van der Waals surface area contributed by atoms with Crippen molar-refractivity contribution in [2.45, 2.75) is 170 Å². The molecule has 71 heavy (non-hydrogen) atoms. The van der Waals surface area contributed by atoms with Crippen molar-refractivity contribution in [2.24, 2.45) is 79.8 Å². The fourth-order valence-electron chi connectivity index (χ4n) is 17.5. The summed E-state index contributed by atoms with van der Waals surface area (Å²) in [6, 6.07) is 20.5. The van der Waals surface area contributed by atoms with Crippen LogP contribution in [0.5, 0.6) is 0 Å². The number of ketones is 2. The minimum atomic E-state index is -0.724. The fourth-order valence-corrected chi connectivity index (χ4v) is 17.5. The highest BCUT2D eigenvalue weighted by Gasteiger charge is 2.70. The molecule has 6 aliphatic carbocycles. The molecule has 0 aromatic heterocycles. The number of hydrogen-bond acceptors (Lipinski definition) is 9. The first-order valence-electron chi connectivity index (χ1n) is 27.6. The van der Waals surface area contributed by atoms with Crippen molar-refractivity contribution in [1.29, 1.82) is 0 Å². The van der Waals surface area contributed by atoms with Gasteiger partial charge in [-0.2, -0.15) is 0 Å².